The van der Waals surface area contributed by atoms with Crippen LogP contribution in [0.25, 0.3) is 0 Å². The minimum Gasteiger partial charge on any atom is -0.397 e. The number of carbonyl (C=O) groups excluding carboxylic acids is 1. The molecule has 0 bridgehead atoms. The Morgan fingerprint density at radius 3 is 2.89 bits per heavy atom. The molecule has 0 heterocycles. The number of nitriles is 1. The molecular formula is C13H18N4O2. The number of methoxy groups -OCH3 is 1. The molecule has 19 heavy (non-hydrogen) atoms. The minimum atomic E-state index is -0.424. The number of rotatable bonds is 6. The summed E-state index contributed by atoms with van der Waals surface area (Å²) in [4.78, 5) is 11.7. The highest BCUT2D eigenvalue weighted by Gasteiger charge is 2.13. The fourth-order valence-corrected chi connectivity index (χ4v) is 1.49. The van der Waals surface area contributed by atoms with Crippen molar-refractivity contribution in [2.24, 2.45) is 0 Å². The van der Waals surface area contributed by atoms with Crippen LogP contribution in [0.5, 0.6) is 0 Å². The Hall–Kier alpha value is -2.26. The number of nitrogens with one attached hydrogen (secondary N) is 2. The third kappa shape index (κ3) is 4.48. The number of nitrogens with two attached hydrogens (primary N) is 1. The lowest BCUT2D eigenvalue weighted by molar-refractivity contribution is -0.121. The van der Waals surface area contributed by atoms with E-state index in [-0.39, 0.29) is 5.91 Å². The molecule has 0 fully saturated rings. The summed E-state index contributed by atoms with van der Waals surface area (Å²) in [5.41, 5.74) is 7.36. The number of nitrogen functional groups attached to an aromatic ring is 1. The number of hydrogen-bond acceptors (Lipinski definition) is 5. The van der Waals surface area contributed by atoms with Crippen molar-refractivity contribution in [1.82, 2.24) is 5.32 Å². The van der Waals surface area contributed by atoms with Crippen LogP contribution in [0.4, 0.5) is 11.4 Å². The average Bonchev–Trinajstić information content (AvgIpc) is 2.41. The second kappa shape index (κ2) is 7.24. The topological polar surface area (TPSA) is 100 Å². The largest absolute Gasteiger partial charge is 0.397 e. The first-order valence-corrected chi connectivity index (χ1v) is 5.91. The third-order valence-electron chi connectivity index (χ3n) is 2.55. The van der Waals surface area contributed by atoms with Gasteiger partial charge in [-0.3, -0.25) is 4.79 Å². The van der Waals surface area contributed by atoms with Crippen LogP contribution in [0.2, 0.25) is 0 Å². The Kier molecular flexibility index (Phi) is 5.64. The van der Waals surface area contributed by atoms with E-state index >= 15 is 0 Å². The summed E-state index contributed by atoms with van der Waals surface area (Å²) in [6, 6.07) is 6.48. The Morgan fingerprint density at radius 1 is 1.58 bits per heavy atom. The van der Waals surface area contributed by atoms with Gasteiger partial charge in [-0.2, -0.15) is 5.26 Å². The van der Waals surface area contributed by atoms with E-state index in [0.29, 0.717) is 30.1 Å². The molecule has 1 rings (SSSR count). The van der Waals surface area contributed by atoms with Crippen molar-refractivity contribution >= 4 is 17.3 Å². The molecule has 1 amide bonds. The minimum absolute atomic E-state index is 0.138. The molecule has 1 unspecified atom stereocenters. The lowest BCUT2D eigenvalue weighted by Crippen LogP contribution is -2.39. The molecule has 1 atom stereocenters. The van der Waals surface area contributed by atoms with Crippen molar-refractivity contribution in [3.63, 3.8) is 0 Å². The molecule has 1 aromatic carbocycles. The second-order valence-corrected chi connectivity index (χ2v) is 4.06. The van der Waals surface area contributed by atoms with Gasteiger partial charge in [0.2, 0.25) is 5.91 Å². The number of amides is 1. The lowest BCUT2D eigenvalue weighted by atomic mass is 10.1. The van der Waals surface area contributed by atoms with E-state index in [2.05, 4.69) is 10.6 Å². The van der Waals surface area contributed by atoms with E-state index in [1.165, 1.54) is 0 Å². The van der Waals surface area contributed by atoms with Crippen molar-refractivity contribution in [2.45, 2.75) is 13.0 Å². The molecule has 102 valence electrons. The van der Waals surface area contributed by atoms with E-state index in [4.69, 9.17) is 15.7 Å². The molecule has 1 aromatic rings. The SMILES string of the molecule is COCCNC(=O)C(C)Nc1ccc(C#N)cc1N. The van der Waals surface area contributed by atoms with Crippen molar-refractivity contribution in [3.8, 4) is 6.07 Å². The van der Waals surface area contributed by atoms with E-state index in [0.717, 1.165) is 0 Å². The van der Waals surface area contributed by atoms with Gasteiger partial charge >= 0.3 is 0 Å². The van der Waals surface area contributed by atoms with Crippen LogP contribution in [0, 0.1) is 11.3 Å². The van der Waals surface area contributed by atoms with Gasteiger partial charge in [0, 0.05) is 13.7 Å². The summed E-state index contributed by atoms with van der Waals surface area (Å²) in [5.74, 6) is -0.138. The Morgan fingerprint density at radius 2 is 2.32 bits per heavy atom. The zero-order valence-corrected chi connectivity index (χ0v) is 11.1. The molecule has 6 heteroatoms. The van der Waals surface area contributed by atoms with Crippen LogP contribution in [0.15, 0.2) is 18.2 Å². The number of ether oxygens (including phenoxy) is 1. The first-order valence-electron chi connectivity index (χ1n) is 5.91. The highest BCUT2D eigenvalue weighted by atomic mass is 16.5. The van der Waals surface area contributed by atoms with Gasteiger partial charge in [0.1, 0.15) is 6.04 Å². The van der Waals surface area contributed by atoms with Crippen LogP contribution in [0.1, 0.15) is 12.5 Å². The molecule has 0 aliphatic heterocycles. The fourth-order valence-electron chi connectivity index (χ4n) is 1.49. The van der Waals surface area contributed by atoms with Crippen LogP contribution in [-0.2, 0) is 9.53 Å². The van der Waals surface area contributed by atoms with E-state index in [9.17, 15) is 4.79 Å². The van der Waals surface area contributed by atoms with E-state index in [1.54, 1.807) is 32.2 Å². The monoisotopic (exact) mass is 262 g/mol. The molecule has 6 nitrogen and oxygen atoms in total. The molecule has 0 aromatic heterocycles. The maximum Gasteiger partial charge on any atom is 0.242 e. The smallest absolute Gasteiger partial charge is 0.242 e. The average molecular weight is 262 g/mol. The molecule has 0 aliphatic rings. The molecule has 0 saturated carbocycles. The highest BCUT2D eigenvalue weighted by Crippen LogP contribution is 2.20. The van der Waals surface area contributed by atoms with Crippen LogP contribution >= 0.6 is 0 Å². The maximum absolute atomic E-state index is 11.7. The number of carbonyl (C=O) groups is 1. The van der Waals surface area contributed by atoms with Gasteiger partial charge in [0.25, 0.3) is 0 Å². The Balaban J connectivity index is 2.59. The quantitative estimate of drug-likeness (QED) is 0.517. The van der Waals surface area contributed by atoms with E-state index in [1.807, 2.05) is 6.07 Å². The summed E-state index contributed by atoms with van der Waals surface area (Å²) < 4.78 is 4.85. The summed E-state index contributed by atoms with van der Waals surface area (Å²) in [7, 11) is 1.57. The van der Waals surface area contributed by atoms with Gasteiger partial charge in [-0.05, 0) is 25.1 Å². The normalized spacial score (nSPS) is 11.4. The van der Waals surface area contributed by atoms with Crippen LogP contribution < -0.4 is 16.4 Å². The van der Waals surface area contributed by atoms with Crippen molar-refractivity contribution < 1.29 is 9.53 Å². The molecule has 4 N–H and O–H groups in total. The number of benzene rings is 1. The van der Waals surface area contributed by atoms with Crippen LogP contribution in [0.3, 0.4) is 0 Å². The first-order chi connectivity index (χ1) is 9.08. The molecule has 0 saturated heterocycles. The van der Waals surface area contributed by atoms with Crippen LogP contribution in [-0.4, -0.2) is 32.2 Å². The van der Waals surface area contributed by atoms with Crippen molar-refractivity contribution in [2.75, 3.05) is 31.3 Å². The molecule has 0 radical (unpaired) electrons. The zero-order chi connectivity index (χ0) is 14.3. The Bertz CT molecular complexity index is 482. The summed E-state index contributed by atoms with van der Waals surface area (Å²) in [6.07, 6.45) is 0. The van der Waals surface area contributed by atoms with Gasteiger partial charge in [-0.25, -0.2) is 0 Å². The predicted molar refractivity (Wildman–Crippen MR) is 73.5 cm³/mol. The number of hydrogen-bond donors (Lipinski definition) is 3. The van der Waals surface area contributed by atoms with Gasteiger partial charge in [0.05, 0.1) is 29.6 Å². The fraction of sp³-hybridized carbons (Fsp3) is 0.385. The predicted octanol–water partition coefficient (Wildman–Crippen LogP) is 0.703. The summed E-state index contributed by atoms with van der Waals surface area (Å²) in [6.45, 7) is 2.67. The third-order valence-corrected chi connectivity index (χ3v) is 2.55. The standard InChI is InChI=1S/C13H18N4O2/c1-9(13(18)16-5-6-19-2)17-12-4-3-10(8-14)7-11(12)15/h3-4,7,9,17H,5-6,15H2,1-2H3,(H,16,18). The van der Waals surface area contributed by atoms with Crippen molar-refractivity contribution in [1.29, 1.82) is 5.26 Å². The first kappa shape index (κ1) is 14.8. The second-order valence-electron chi connectivity index (χ2n) is 4.06. The summed E-state index contributed by atoms with van der Waals surface area (Å²) in [5, 5.41) is 14.5. The molecule has 0 aliphatic carbocycles. The van der Waals surface area contributed by atoms with Gasteiger partial charge in [0.15, 0.2) is 0 Å². The molecule has 0 spiro atoms. The summed E-state index contributed by atoms with van der Waals surface area (Å²) >= 11 is 0. The van der Waals surface area contributed by atoms with E-state index < -0.39 is 6.04 Å². The molecular weight excluding hydrogens is 244 g/mol. The van der Waals surface area contributed by atoms with Gasteiger partial charge in [-0.1, -0.05) is 0 Å². The number of nitrogens with zero attached hydrogens (tertiary/aromatic N) is 1. The van der Waals surface area contributed by atoms with Gasteiger partial charge in [-0.15, -0.1) is 0 Å². The van der Waals surface area contributed by atoms with Gasteiger partial charge < -0.3 is 21.1 Å². The maximum atomic E-state index is 11.7. The Labute approximate surface area is 112 Å². The zero-order valence-electron chi connectivity index (χ0n) is 11.1. The lowest BCUT2D eigenvalue weighted by Gasteiger charge is -2.16. The van der Waals surface area contributed by atoms with Crippen molar-refractivity contribution in [3.05, 3.63) is 23.8 Å². The number of anilines is 2. The highest BCUT2D eigenvalue weighted by molar-refractivity contribution is 5.85.